The van der Waals surface area contributed by atoms with Gasteiger partial charge >= 0.3 is 5.97 Å². The molecular weight excluding hydrogens is 306 g/mol. The van der Waals surface area contributed by atoms with Gasteiger partial charge in [0.05, 0.1) is 16.4 Å². The van der Waals surface area contributed by atoms with E-state index in [1.165, 1.54) is 0 Å². The zero-order chi connectivity index (χ0) is 16.8. The lowest BCUT2D eigenvalue weighted by Crippen LogP contribution is -2.42. The van der Waals surface area contributed by atoms with Gasteiger partial charge in [0.25, 0.3) is 0 Å². The molecule has 2 N–H and O–H groups in total. The van der Waals surface area contributed by atoms with E-state index < -0.39 is 27.1 Å². The van der Waals surface area contributed by atoms with Gasteiger partial charge in [-0.2, -0.15) is 0 Å². The Bertz CT molecular complexity index is 490. The molecule has 1 amide bonds. The molecule has 0 spiro atoms. The second-order valence-corrected chi connectivity index (χ2v) is 8.49. The number of hydrogen-bond acceptors (Lipinski definition) is 4. The van der Waals surface area contributed by atoms with Crippen LogP contribution in [-0.2, 0) is 19.4 Å². The highest BCUT2D eigenvalue weighted by molar-refractivity contribution is 7.92. The lowest BCUT2D eigenvalue weighted by atomic mass is 9.82. The van der Waals surface area contributed by atoms with Crippen LogP contribution in [0.4, 0.5) is 0 Å². The summed E-state index contributed by atoms with van der Waals surface area (Å²) in [6.07, 6.45) is 3.99. The molecule has 128 valence electrons. The van der Waals surface area contributed by atoms with E-state index in [1.807, 2.05) is 0 Å². The average Bonchev–Trinajstić information content (AvgIpc) is 3.01. The van der Waals surface area contributed by atoms with Crippen LogP contribution >= 0.6 is 0 Å². The number of rotatable bonds is 9. The normalized spacial score (nSPS) is 16.6. The van der Waals surface area contributed by atoms with Crippen molar-refractivity contribution < 1.29 is 23.1 Å². The zero-order valence-electron chi connectivity index (χ0n) is 13.4. The highest BCUT2D eigenvalue weighted by Gasteiger charge is 2.35. The van der Waals surface area contributed by atoms with E-state index in [-0.39, 0.29) is 24.0 Å². The first-order valence-electron chi connectivity index (χ1n) is 7.99. The Morgan fingerprint density at radius 1 is 1.18 bits per heavy atom. The molecule has 22 heavy (non-hydrogen) atoms. The van der Waals surface area contributed by atoms with E-state index >= 15 is 0 Å². The molecule has 1 saturated carbocycles. The smallest absolute Gasteiger partial charge is 0.311 e. The molecule has 0 aromatic carbocycles. The zero-order valence-corrected chi connectivity index (χ0v) is 14.2. The summed E-state index contributed by atoms with van der Waals surface area (Å²) in [4.78, 5) is 23.2. The second-order valence-electron chi connectivity index (χ2n) is 6.09. The minimum atomic E-state index is -3.21. The van der Waals surface area contributed by atoms with Crippen molar-refractivity contribution >= 4 is 21.7 Å². The molecule has 1 rings (SSSR count). The van der Waals surface area contributed by atoms with Gasteiger partial charge in [-0.3, -0.25) is 9.59 Å². The predicted molar refractivity (Wildman–Crippen MR) is 84.3 cm³/mol. The summed E-state index contributed by atoms with van der Waals surface area (Å²) in [6, 6.07) is 0. The van der Waals surface area contributed by atoms with E-state index in [0.29, 0.717) is 25.7 Å². The van der Waals surface area contributed by atoms with Gasteiger partial charge < -0.3 is 10.4 Å². The molecule has 0 bridgehead atoms. The van der Waals surface area contributed by atoms with Crippen LogP contribution < -0.4 is 5.32 Å². The third-order valence-electron chi connectivity index (χ3n) is 4.85. The minimum absolute atomic E-state index is 0.0393. The summed E-state index contributed by atoms with van der Waals surface area (Å²) in [5, 5.41) is 11.6. The molecule has 0 aromatic heterocycles. The fraction of sp³-hybridized carbons (Fsp3) is 0.867. The van der Waals surface area contributed by atoms with Gasteiger partial charge in [0.15, 0.2) is 9.84 Å². The molecule has 0 saturated heterocycles. The molecule has 0 heterocycles. The van der Waals surface area contributed by atoms with Gasteiger partial charge in [0.1, 0.15) is 0 Å². The summed E-state index contributed by atoms with van der Waals surface area (Å²) < 4.78 is 24.2. The Morgan fingerprint density at radius 3 is 2.18 bits per heavy atom. The van der Waals surface area contributed by atoms with E-state index in [1.54, 1.807) is 13.8 Å². The van der Waals surface area contributed by atoms with Crippen LogP contribution in [0.5, 0.6) is 0 Å². The van der Waals surface area contributed by atoms with Gasteiger partial charge in [-0.1, -0.05) is 26.7 Å². The molecule has 0 aromatic rings. The minimum Gasteiger partial charge on any atom is -0.481 e. The van der Waals surface area contributed by atoms with Gasteiger partial charge in [-0.25, -0.2) is 8.42 Å². The lowest BCUT2D eigenvalue weighted by molar-refractivity contribution is -0.149. The monoisotopic (exact) mass is 333 g/mol. The number of carboxylic acids is 1. The topological polar surface area (TPSA) is 101 Å². The number of nitrogens with one attached hydrogen (secondary N) is 1. The molecule has 0 aliphatic heterocycles. The number of carboxylic acid groups (broad SMARTS) is 1. The van der Waals surface area contributed by atoms with Crippen molar-refractivity contribution in [1.82, 2.24) is 5.32 Å². The average molecular weight is 333 g/mol. The van der Waals surface area contributed by atoms with Crippen LogP contribution in [0.2, 0.25) is 0 Å². The van der Waals surface area contributed by atoms with Gasteiger partial charge in [0, 0.05) is 13.0 Å². The number of sulfone groups is 1. The van der Waals surface area contributed by atoms with E-state index in [9.17, 15) is 23.1 Å². The standard InChI is InChI=1S/C15H27NO5S/c1-3-15(4-2,14(18)19)11-16-13(17)9-10-22(20,21)12-7-5-6-8-12/h12H,3-11H2,1-2H3,(H,16,17)(H,18,19). The number of carbonyl (C=O) groups is 2. The van der Waals surface area contributed by atoms with Crippen molar-refractivity contribution in [2.75, 3.05) is 12.3 Å². The fourth-order valence-corrected chi connectivity index (χ4v) is 4.74. The second kappa shape index (κ2) is 7.94. The van der Waals surface area contributed by atoms with Crippen LogP contribution in [0.25, 0.3) is 0 Å². The Balaban J connectivity index is 2.48. The Hall–Kier alpha value is -1.11. The molecule has 1 aliphatic rings. The Kier molecular flexibility index (Phi) is 6.84. The van der Waals surface area contributed by atoms with Crippen LogP contribution in [0.3, 0.4) is 0 Å². The third kappa shape index (κ3) is 4.69. The van der Waals surface area contributed by atoms with E-state index in [4.69, 9.17) is 0 Å². The van der Waals surface area contributed by atoms with Crippen molar-refractivity contribution in [3.05, 3.63) is 0 Å². The van der Waals surface area contributed by atoms with Crippen LogP contribution in [0.15, 0.2) is 0 Å². The maximum absolute atomic E-state index is 12.1. The van der Waals surface area contributed by atoms with Crippen LogP contribution in [-0.4, -0.2) is 42.9 Å². The highest BCUT2D eigenvalue weighted by Crippen LogP contribution is 2.26. The van der Waals surface area contributed by atoms with Crippen molar-refractivity contribution in [3.8, 4) is 0 Å². The molecule has 0 unspecified atom stereocenters. The summed E-state index contributed by atoms with van der Waals surface area (Å²) >= 11 is 0. The Morgan fingerprint density at radius 2 is 1.73 bits per heavy atom. The number of amides is 1. The van der Waals surface area contributed by atoms with E-state index in [0.717, 1.165) is 12.8 Å². The van der Waals surface area contributed by atoms with Crippen molar-refractivity contribution in [3.63, 3.8) is 0 Å². The van der Waals surface area contributed by atoms with Crippen molar-refractivity contribution in [1.29, 1.82) is 0 Å². The molecule has 1 fully saturated rings. The summed E-state index contributed by atoms with van der Waals surface area (Å²) in [5.41, 5.74) is -0.972. The molecular formula is C15H27NO5S. The van der Waals surface area contributed by atoms with E-state index in [2.05, 4.69) is 5.32 Å². The molecule has 0 atom stereocenters. The fourth-order valence-electron chi connectivity index (χ4n) is 2.88. The van der Waals surface area contributed by atoms with Crippen molar-refractivity contribution in [2.24, 2.45) is 5.41 Å². The number of carbonyl (C=O) groups excluding carboxylic acids is 1. The lowest BCUT2D eigenvalue weighted by Gasteiger charge is -2.26. The van der Waals surface area contributed by atoms with Gasteiger partial charge in [-0.05, 0) is 25.7 Å². The van der Waals surface area contributed by atoms with Crippen molar-refractivity contribution in [2.45, 2.75) is 64.0 Å². The quantitative estimate of drug-likeness (QED) is 0.669. The number of hydrogen-bond donors (Lipinski definition) is 2. The summed E-state index contributed by atoms with van der Waals surface area (Å²) in [5.74, 6) is -1.48. The summed E-state index contributed by atoms with van der Waals surface area (Å²) in [7, 11) is -3.21. The first kappa shape index (κ1) is 18.9. The largest absolute Gasteiger partial charge is 0.481 e. The summed E-state index contributed by atoms with van der Waals surface area (Å²) in [6.45, 7) is 3.58. The first-order valence-corrected chi connectivity index (χ1v) is 9.70. The van der Waals surface area contributed by atoms with Gasteiger partial charge in [0.2, 0.25) is 5.91 Å². The maximum Gasteiger partial charge on any atom is 0.311 e. The van der Waals surface area contributed by atoms with Crippen LogP contribution in [0.1, 0.15) is 58.8 Å². The molecule has 7 heteroatoms. The molecule has 6 nitrogen and oxygen atoms in total. The first-order chi connectivity index (χ1) is 10.3. The SMILES string of the molecule is CCC(CC)(CNC(=O)CCS(=O)(=O)C1CCCC1)C(=O)O. The predicted octanol–water partition coefficient (Wildman–Crippen LogP) is 1.74. The molecule has 1 aliphatic carbocycles. The molecule has 0 radical (unpaired) electrons. The third-order valence-corrected chi connectivity index (χ3v) is 7.12. The number of aliphatic carboxylic acids is 1. The van der Waals surface area contributed by atoms with Crippen LogP contribution in [0, 0.1) is 5.41 Å². The maximum atomic E-state index is 12.1. The Labute approximate surface area is 132 Å². The van der Waals surface area contributed by atoms with Gasteiger partial charge in [-0.15, -0.1) is 0 Å². The highest BCUT2D eigenvalue weighted by atomic mass is 32.2.